The zero-order valence-corrected chi connectivity index (χ0v) is 16.4. The molecule has 6 nitrogen and oxygen atoms in total. The number of hydrogen-bond donors (Lipinski definition) is 1. The molecule has 0 radical (unpaired) electrons. The zero-order chi connectivity index (χ0) is 19.2. The molecule has 144 valence electrons. The van der Waals surface area contributed by atoms with Crippen molar-refractivity contribution in [1.82, 2.24) is 15.1 Å². The number of nitrogens with one attached hydrogen (secondary N) is 1. The second-order valence-electron chi connectivity index (χ2n) is 7.72. The second kappa shape index (κ2) is 8.92. The molecule has 0 bridgehead atoms. The van der Waals surface area contributed by atoms with E-state index in [2.05, 4.69) is 11.4 Å². The van der Waals surface area contributed by atoms with Gasteiger partial charge in [0, 0.05) is 38.1 Å². The summed E-state index contributed by atoms with van der Waals surface area (Å²) in [4.78, 5) is 28.2. The number of rotatable bonds is 5. The Labute approximate surface area is 156 Å². The number of amides is 3. The van der Waals surface area contributed by atoms with Gasteiger partial charge in [-0.1, -0.05) is 32.9 Å². The summed E-state index contributed by atoms with van der Waals surface area (Å²) in [5, 5.41) is 2.98. The normalized spacial score (nSPS) is 14.9. The number of aryl methyl sites for hydroxylation is 1. The lowest BCUT2D eigenvalue weighted by atomic mass is 9.94. The fourth-order valence-electron chi connectivity index (χ4n) is 3.01. The minimum atomic E-state index is -0.370. The number of carbonyl (C=O) groups excluding carboxylic acids is 2. The van der Waals surface area contributed by atoms with E-state index >= 15 is 0 Å². The van der Waals surface area contributed by atoms with Crippen LogP contribution in [0.4, 0.5) is 4.79 Å². The van der Waals surface area contributed by atoms with Crippen molar-refractivity contribution in [3.63, 3.8) is 0 Å². The molecular weight excluding hydrogens is 330 g/mol. The number of benzene rings is 1. The molecule has 1 aliphatic heterocycles. The number of nitrogens with zero attached hydrogens (tertiary/aromatic N) is 2. The van der Waals surface area contributed by atoms with Crippen molar-refractivity contribution < 1.29 is 14.3 Å². The molecule has 0 atom stereocenters. The number of hydrogen-bond acceptors (Lipinski definition) is 3. The first-order valence-corrected chi connectivity index (χ1v) is 9.26. The molecule has 0 aliphatic carbocycles. The summed E-state index contributed by atoms with van der Waals surface area (Å²) in [6.07, 6.45) is 1.77. The maximum absolute atomic E-state index is 12.3. The lowest BCUT2D eigenvalue weighted by Gasteiger charge is -2.37. The molecule has 1 heterocycles. The summed E-state index contributed by atoms with van der Waals surface area (Å²) in [5.41, 5.74) is 0.831. The van der Waals surface area contributed by atoms with Crippen LogP contribution in [-0.4, -0.2) is 61.6 Å². The topological polar surface area (TPSA) is 61.9 Å². The van der Waals surface area contributed by atoms with E-state index in [0.717, 1.165) is 18.6 Å². The van der Waals surface area contributed by atoms with Gasteiger partial charge in [-0.3, -0.25) is 4.79 Å². The van der Waals surface area contributed by atoms with E-state index in [1.54, 1.807) is 12.0 Å². The summed E-state index contributed by atoms with van der Waals surface area (Å²) in [7, 11) is 1.66. The molecule has 0 unspecified atom stereocenters. The lowest BCUT2D eigenvalue weighted by Crippen LogP contribution is -2.55. The van der Waals surface area contributed by atoms with Crippen LogP contribution in [0.25, 0.3) is 0 Å². The van der Waals surface area contributed by atoms with E-state index in [4.69, 9.17) is 4.74 Å². The van der Waals surface area contributed by atoms with Crippen LogP contribution < -0.4 is 10.1 Å². The summed E-state index contributed by atoms with van der Waals surface area (Å²) in [6, 6.07) is 7.95. The van der Waals surface area contributed by atoms with Gasteiger partial charge in [0.15, 0.2) is 0 Å². The van der Waals surface area contributed by atoms with Crippen LogP contribution in [-0.2, 0) is 11.2 Å². The minimum absolute atomic E-state index is 0.0431. The monoisotopic (exact) mass is 361 g/mol. The van der Waals surface area contributed by atoms with Crippen molar-refractivity contribution >= 4 is 11.9 Å². The quantitative estimate of drug-likeness (QED) is 0.820. The first kappa shape index (κ1) is 20.1. The van der Waals surface area contributed by atoms with Crippen molar-refractivity contribution in [3.8, 4) is 5.75 Å². The molecule has 2 rings (SSSR count). The minimum Gasteiger partial charge on any atom is -0.497 e. The molecule has 1 N–H and O–H groups in total. The average Bonchev–Trinajstić information content (AvgIpc) is 2.64. The Kier molecular flexibility index (Phi) is 6.89. The summed E-state index contributed by atoms with van der Waals surface area (Å²) < 4.78 is 5.22. The Morgan fingerprint density at radius 2 is 1.77 bits per heavy atom. The first-order chi connectivity index (χ1) is 12.3. The van der Waals surface area contributed by atoms with Crippen molar-refractivity contribution in [2.45, 2.75) is 33.6 Å². The van der Waals surface area contributed by atoms with E-state index in [0.29, 0.717) is 32.7 Å². The van der Waals surface area contributed by atoms with Gasteiger partial charge in [-0.2, -0.15) is 0 Å². The van der Waals surface area contributed by atoms with E-state index in [1.807, 2.05) is 43.9 Å². The second-order valence-corrected chi connectivity index (χ2v) is 7.72. The van der Waals surface area contributed by atoms with Gasteiger partial charge in [-0.15, -0.1) is 0 Å². The third kappa shape index (κ3) is 5.64. The van der Waals surface area contributed by atoms with Crippen LogP contribution in [0.3, 0.4) is 0 Å². The molecule has 0 saturated carbocycles. The van der Waals surface area contributed by atoms with Crippen LogP contribution >= 0.6 is 0 Å². The molecule has 26 heavy (non-hydrogen) atoms. The Morgan fingerprint density at radius 3 is 2.38 bits per heavy atom. The van der Waals surface area contributed by atoms with Crippen LogP contribution in [0.1, 0.15) is 32.8 Å². The molecule has 1 aromatic rings. The van der Waals surface area contributed by atoms with Gasteiger partial charge in [-0.25, -0.2) is 4.79 Å². The van der Waals surface area contributed by atoms with Gasteiger partial charge in [0.1, 0.15) is 5.75 Å². The van der Waals surface area contributed by atoms with Gasteiger partial charge >= 0.3 is 6.03 Å². The fourth-order valence-corrected chi connectivity index (χ4v) is 3.01. The largest absolute Gasteiger partial charge is 0.497 e. The van der Waals surface area contributed by atoms with Gasteiger partial charge in [-0.05, 0) is 30.5 Å². The Morgan fingerprint density at radius 1 is 1.12 bits per heavy atom. The third-order valence-corrected chi connectivity index (χ3v) is 4.55. The summed E-state index contributed by atoms with van der Waals surface area (Å²) >= 11 is 0. The highest BCUT2D eigenvalue weighted by molar-refractivity contribution is 5.82. The van der Waals surface area contributed by atoms with Gasteiger partial charge in [0.05, 0.1) is 7.11 Å². The Hall–Kier alpha value is -2.24. The van der Waals surface area contributed by atoms with Crippen LogP contribution in [0.2, 0.25) is 0 Å². The molecule has 1 aromatic carbocycles. The fraction of sp³-hybridized carbons (Fsp3) is 0.600. The van der Waals surface area contributed by atoms with Crippen molar-refractivity contribution in [2.24, 2.45) is 5.41 Å². The molecule has 6 heteroatoms. The van der Waals surface area contributed by atoms with Crippen molar-refractivity contribution in [2.75, 3.05) is 39.8 Å². The number of piperazine rings is 1. The molecule has 0 aromatic heterocycles. The van der Waals surface area contributed by atoms with Crippen LogP contribution in [0.15, 0.2) is 24.3 Å². The van der Waals surface area contributed by atoms with E-state index in [-0.39, 0.29) is 17.4 Å². The molecule has 0 spiro atoms. The van der Waals surface area contributed by atoms with Crippen molar-refractivity contribution in [1.29, 1.82) is 0 Å². The van der Waals surface area contributed by atoms with Crippen molar-refractivity contribution in [3.05, 3.63) is 29.8 Å². The third-order valence-electron chi connectivity index (χ3n) is 4.55. The zero-order valence-electron chi connectivity index (χ0n) is 16.4. The highest BCUT2D eigenvalue weighted by Crippen LogP contribution is 2.18. The number of urea groups is 1. The number of ether oxygens (including phenoxy) is 1. The standard InChI is InChI=1S/C20H31N3O3/c1-20(2,3)18(24)22-11-13-23(14-12-22)19(25)21-10-6-8-16-7-5-9-17(15-16)26-4/h5,7,9,15H,6,8,10-14H2,1-4H3,(H,21,25). The number of carbonyl (C=O) groups is 2. The smallest absolute Gasteiger partial charge is 0.317 e. The van der Waals surface area contributed by atoms with Gasteiger partial charge in [0.2, 0.25) is 5.91 Å². The predicted molar refractivity (Wildman–Crippen MR) is 102 cm³/mol. The molecule has 3 amide bonds. The number of methoxy groups -OCH3 is 1. The Bertz CT molecular complexity index is 617. The molecule has 1 saturated heterocycles. The highest BCUT2D eigenvalue weighted by atomic mass is 16.5. The summed E-state index contributed by atoms with van der Waals surface area (Å²) in [6.45, 7) is 8.80. The first-order valence-electron chi connectivity index (χ1n) is 9.26. The van der Waals surface area contributed by atoms with Gasteiger partial charge < -0.3 is 19.9 Å². The van der Waals surface area contributed by atoms with E-state index in [1.165, 1.54) is 5.56 Å². The average molecular weight is 361 g/mol. The van der Waals surface area contributed by atoms with E-state index < -0.39 is 0 Å². The van der Waals surface area contributed by atoms with Crippen LogP contribution in [0.5, 0.6) is 5.75 Å². The maximum atomic E-state index is 12.3. The highest BCUT2D eigenvalue weighted by Gasteiger charge is 2.30. The molecular formula is C20H31N3O3. The van der Waals surface area contributed by atoms with Crippen LogP contribution in [0, 0.1) is 5.41 Å². The van der Waals surface area contributed by atoms with E-state index in [9.17, 15) is 9.59 Å². The maximum Gasteiger partial charge on any atom is 0.317 e. The lowest BCUT2D eigenvalue weighted by molar-refractivity contribution is -0.140. The molecule has 1 aliphatic rings. The molecule has 1 fully saturated rings. The Balaban J connectivity index is 1.68. The SMILES string of the molecule is COc1cccc(CCCNC(=O)N2CCN(C(=O)C(C)(C)C)CC2)c1. The summed E-state index contributed by atoms with van der Waals surface area (Å²) in [5.74, 6) is 1.00. The van der Waals surface area contributed by atoms with Gasteiger partial charge in [0.25, 0.3) is 0 Å². The predicted octanol–water partition coefficient (Wildman–Crippen LogP) is 2.53.